The predicted molar refractivity (Wildman–Crippen MR) is 108 cm³/mol. The number of esters is 1. The van der Waals surface area contributed by atoms with Gasteiger partial charge in [-0.2, -0.15) is 0 Å². The fourth-order valence-corrected chi connectivity index (χ4v) is 2.85. The van der Waals surface area contributed by atoms with Crippen molar-refractivity contribution in [3.05, 3.63) is 101 Å². The summed E-state index contributed by atoms with van der Waals surface area (Å²) in [6.07, 6.45) is -1.02. The van der Waals surface area contributed by atoms with Gasteiger partial charge in [0.15, 0.2) is 6.10 Å². The second-order valence-corrected chi connectivity index (χ2v) is 6.59. The minimum absolute atomic E-state index is 0.254. The van der Waals surface area contributed by atoms with Crippen molar-refractivity contribution in [2.75, 3.05) is 7.11 Å². The lowest BCUT2D eigenvalue weighted by molar-refractivity contribution is 0.0280. The molecule has 0 unspecified atom stereocenters. The number of Topliss-reactive ketones (excluding diaryl/α,β-unsaturated/α-hetero) is 1. The topological polar surface area (TPSA) is 52.6 Å². The highest BCUT2D eigenvalue weighted by Gasteiger charge is 2.27. The standard InChI is InChI=1S/C24H22O4/c1-16-9-10-20(15-17(16)2)22(25)23(18-7-5-4-6-8-18)28-24(26)19-11-13-21(27-3)14-12-19/h4-15,23H,1-3H3/t23-/m0/s1. The molecule has 3 aromatic carbocycles. The second kappa shape index (κ2) is 8.53. The van der Waals surface area contributed by atoms with Crippen molar-refractivity contribution >= 4 is 11.8 Å². The maximum Gasteiger partial charge on any atom is 0.339 e. The summed E-state index contributed by atoms with van der Waals surface area (Å²) in [5, 5.41) is 0. The third kappa shape index (κ3) is 4.29. The number of hydrogen-bond donors (Lipinski definition) is 0. The van der Waals surface area contributed by atoms with Crippen LogP contribution < -0.4 is 4.74 Å². The van der Waals surface area contributed by atoms with Crippen molar-refractivity contribution in [2.45, 2.75) is 20.0 Å². The molecule has 0 amide bonds. The maximum atomic E-state index is 13.2. The zero-order valence-corrected chi connectivity index (χ0v) is 16.1. The molecule has 4 heteroatoms. The van der Waals surface area contributed by atoms with Crippen LogP contribution in [0, 0.1) is 13.8 Å². The van der Waals surface area contributed by atoms with Gasteiger partial charge in [0.05, 0.1) is 12.7 Å². The fraction of sp³-hybridized carbons (Fsp3) is 0.167. The van der Waals surface area contributed by atoms with Crippen molar-refractivity contribution < 1.29 is 19.1 Å². The molecule has 0 aliphatic carbocycles. The Labute approximate surface area is 164 Å². The average Bonchev–Trinajstić information content (AvgIpc) is 2.74. The van der Waals surface area contributed by atoms with E-state index in [2.05, 4.69) is 0 Å². The molecular formula is C24H22O4. The van der Waals surface area contributed by atoms with Crippen LogP contribution in [0.25, 0.3) is 0 Å². The van der Waals surface area contributed by atoms with Gasteiger partial charge in [-0.15, -0.1) is 0 Å². The Morgan fingerprint density at radius 3 is 2.04 bits per heavy atom. The monoisotopic (exact) mass is 374 g/mol. The van der Waals surface area contributed by atoms with Gasteiger partial charge in [0.1, 0.15) is 5.75 Å². The molecule has 0 heterocycles. The molecule has 0 aromatic heterocycles. The maximum absolute atomic E-state index is 13.2. The highest BCUT2D eigenvalue weighted by atomic mass is 16.5. The SMILES string of the molecule is COc1ccc(C(=O)O[C@H](C(=O)c2ccc(C)c(C)c2)c2ccccc2)cc1. The Hall–Kier alpha value is -3.40. The fourth-order valence-electron chi connectivity index (χ4n) is 2.85. The number of carbonyl (C=O) groups is 2. The molecule has 0 saturated heterocycles. The highest BCUT2D eigenvalue weighted by Crippen LogP contribution is 2.25. The number of ether oxygens (including phenoxy) is 2. The quantitative estimate of drug-likeness (QED) is 0.445. The molecule has 142 valence electrons. The first-order chi connectivity index (χ1) is 13.5. The van der Waals surface area contributed by atoms with Crippen molar-refractivity contribution in [3.63, 3.8) is 0 Å². The van der Waals surface area contributed by atoms with Crippen LogP contribution in [0.3, 0.4) is 0 Å². The van der Waals surface area contributed by atoms with Crippen molar-refractivity contribution in [1.82, 2.24) is 0 Å². The molecule has 0 radical (unpaired) electrons. The van der Waals surface area contributed by atoms with Crippen LogP contribution in [-0.4, -0.2) is 18.9 Å². The van der Waals surface area contributed by atoms with Gasteiger partial charge in [-0.1, -0.05) is 42.5 Å². The normalized spacial score (nSPS) is 11.5. The Kier molecular flexibility index (Phi) is 5.90. The van der Waals surface area contributed by atoms with Crippen LogP contribution in [0.15, 0.2) is 72.8 Å². The van der Waals surface area contributed by atoms with Crippen molar-refractivity contribution in [2.24, 2.45) is 0 Å². The molecular weight excluding hydrogens is 352 g/mol. The third-order valence-corrected chi connectivity index (χ3v) is 4.68. The van der Waals surface area contributed by atoms with Crippen LogP contribution >= 0.6 is 0 Å². The molecule has 3 aromatic rings. The zero-order chi connectivity index (χ0) is 20.1. The van der Waals surface area contributed by atoms with Crippen LogP contribution in [0.4, 0.5) is 0 Å². The van der Waals surface area contributed by atoms with Gasteiger partial charge in [0.2, 0.25) is 5.78 Å². The van der Waals surface area contributed by atoms with E-state index < -0.39 is 12.1 Å². The van der Waals surface area contributed by atoms with Gasteiger partial charge in [-0.3, -0.25) is 4.79 Å². The van der Waals surface area contributed by atoms with Gasteiger partial charge in [0, 0.05) is 11.1 Å². The summed E-state index contributed by atoms with van der Waals surface area (Å²) >= 11 is 0. The van der Waals surface area contributed by atoms with E-state index in [9.17, 15) is 9.59 Å². The van der Waals surface area contributed by atoms with E-state index in [1.165, 1.54) is 0 Å². The largest absolute Gasteiger partial charge is 0.497 e. The summed E-state index contributed by atoms with van der Waals surface area (Å²) in [5.41, 5.74) is 3.61. The van der Waals surface area contributed by atoms with Crippen molar-refractivity contribution in [3.8, 4) is 5.75 Å². The minimum atomic E-state index is -1.02. The zero-order valence-electron chi connectivity index (χ0n) is 16.1. The van der Waals surface area contributed by atoms with Crippen LogP contribution in [0.1, 0.15) is 43.5 Å². The summed E-state index contributed by atoms with van der Waals surface area (Å²) in [6, 6.07) is 21.1. The highest BCUT2D eigenvalue weighted by molar-refractivity contribution is 6.02. The first-order valence-electron chi connectivity index (χ1n) is 9.01. The van der Waals surface area contributed by atoms with Gasteiger partial charge in [-0.25, -0.2) is 4.79 Å². The Balaban J connectivity index is 1.91. The van der Waals surface area contributed by atoms with E-state index in [1.807, 2.05) is 44.2 Å². The molecule has 0 aliphatic rings. The first kappa shape index (κ1) is 19.4. The Morgan fingerprint density at radius 1 is 0.786 bits per heavy atom. The van der Waals surface area contributed by atoms with E-state index in [-0.39, 0.29) is 5.78 Å². The molecule has 0 aliphatic heterocycles. The molecule has 0 bridgehead atoms. The number of carbonyl (C=O) groups excluding carboxylic acids is 2. The summed E-state index contributed by atoms with van der Waals surface area (Å²) in [7, 11) is 1.56. The molecule has 3 rings (SSSR count). The molecule has 1 atom stereocenters. The smallest absolute Gasteiger partial charge is 0.339 e. The lowest BCUT2D eigenvalue weighted by atomic mass is 9.97. The molecule has 28 heavy (non-hydrogen) atoms. The first-order valence-corrected chi connectivity index (χ1v) is 9.01. The van der Waals surface area contributed by atoms with Gasteiger partial charge in [0.25, 0.3) is 0 Å². The summed E-state index contributed by atoms with van der Waals surface area (Å²) in [5.74, 6) is -0.174. The van der Waals surface area contributed by atoms with Crippen LogP contribution in [0.5, 0.6) is 5.75 Å². The molecule has 0 N–H and O–H groups in total. The summed E-state index contributed by atoms with van der Waals surface area (Å²) in [4.78, 5) is 25.8. The van der Waals surface area contributed by atoms with E-state index in [4.69, 9.17) is 9.47 Å². The molecule has 0 spiro atoms. The summed E-state index contributed by atoms with van der Waals surface area (Å²) < 4.78 is 10.8. The van der Waals surface area contributed by atoms with E-state index in [0.717, 1.165) is 11.1 Å². The van der Waals surface area contributed by atoms with E-state index in [0.29, 0.717) is 22.4 Å². The van der Waals surface area contributed by atoms with Gasteiger partial charge < -0.3 is 9.47 Å². The van der Waals surface area contributed by atoms with E-state index >= 15 is 0 Å². The van der Waals surface area contributed by atoms with Crippen LogP contribution in [0.2, 0.25) is 0 Å². The number of methoxy groups -OCH3 is 1. The number of aryl methyl sites for hydroxylation is 2. The van der Waals surface area contributed by atoms with Gasteiger partial charge in [-0.05, 0) is 55.3 Å². The Morgan fingerprint density at radius 2 is 1.43 bits per heavy atom. The molecule has 0 fully saturated rings. The lowest BCUT2D eigenvalue weighted by Gasteiger charge is -2.18. The molecule has 0 saturated carbocycles. The molecule has 4 nitrogen and oxygen atoms in total. The number of hydrogen-bond acceptors (Lipinski definition) is 4. The predicted octanol–water partition coefficient (Wildman–Crippen LogP) is 5.09. The Bertz CT molecular complexity index is 975. The van der Waals surface area contributed by atoms with Gasteiger partial charge >= 0.3 is 5.97 Å². The lowest BCUT2D eigenvalue weighted by Crippen LogP contribution is -2.20. The number of ketones is 1. The number of rotatable bonds is 6. The number of benzene rings is 3. The minimum Gasteiger partial charge on any atom is -0.497 e. The second-order valence-electron chi connectivity index (χ2n) is 6.59. The third-order valence-electron chi connectivity index (χ3n) is 4.68. The van der Waals surface area contributed by atoms with E-state index in [1.54, 1.807) is 49.6 Å². The van der Waals surface area contributed by atoms with Crippen LogP contribution in [-0.2, 0) is 4.74 Å². The average molecular weight is 374 g/mol. The summed E-state index contributed by atoms with van der Waals surface area (Å²) in [6.45, 7) is 3.94. The van der Waals surface area contributed by atoms with Crippen molar-refractivity contribution in [1.29, 1.82) is 0 Å².